The van der Waals surface area contributed by atoms with Gasteiger partial charge in [-0.1, -0.05) is 18.2 Å². The molecule has 166 valence electrons. The number of piperidine rings is 1. The van der Waals surface area contributed by atoms with Crippen LogP contribution in [0.3, 0.4) is 0 Å². The molecule has 0 bridgehead atoms. The standard InChI is InChI=1S/C24H25FN4O2S/c1-15-6-5-8-20(27-15)23(30)26-14-19-7-3-4-13-29(19)24(31)21-22(32-16(2)28-21)17-9-11-18(25)12-10-17/h5-6,8-12,19H,3-4,7,13-14H2,1-2H3,(H,26,30). The molecule has 1 aliphatic heterocycles. The predicted molar refractivity (Wildman–Crippen MR) is 122 cm³/mol. The van der Waals surface area contributed by atoms with Crippen molar-refractivity contribution < 1.29 is 14.0 Å². The molecule has 0 spiro atoms. The third-order valence-electron chi connectivity index (χ3n) is 5.55. The zero-order valence-corrected chi connectivity index (χ0v) is 18.9. The largest absolute Gasteiger partial charge is 0.349 e. The van der Waals surface area contributed by atoms with E-state index in [1.54, 1.807) is 24.3 Å². The highest BCUT2D eigenvalue weighted by atomic mass is 32.1. The van der Waals surface area contributed by atoms with Gasteiger partial charge in [0.25, 0.3) is 11.8 Å². The van der Waals surface area contributed by atoms with Gasteiger partial charge in [0.1, 0.15) is 17.2 Å². The minimum Gasteiger partial charge on any atom is -0.349 e. The number of thiazole rings is 1. The first-order valence-electron chi connectivity index (χ1n) is 10.7. The van der Waals surface area contributed by atoms with Gasteiger partial charge in [-0.2, -0.15) is 0 Å². The van der Waals surface area contributed by atoms with Crippen LogP contribution >= 0.6 is 11.3 Å². The number of hydrogen-bond donors (Lipinski definition) is 1. The van der Waals surface area contributed by atoms with E-state index in [0.717, 1.165) is 40.4 Å². The number of likely N-dealkylation sites (tertiary alicyclic amines) is 1. The Morgan fingerprint density at radius 2 is 1.91 bits per heavy atom. The smallest absolute Gasteiger partial charge is 0.274 e. The number of carbonyl (C=O) groups excluding carboxylic acids is 2. The van der Waals surface area contributed by atoms with Crippen molar-refractivity contribution >= 4 is 23.2 Å². The van der Waals surface area contributed by atoms with Gasteiger partial charge in [-0.25, -0.2) is 14.4 Å². The van der Waals surface area contributed by atoms with Crippen molar-refractivity contribution in [3.63, 3.8) is 0 Å². The van der Waals surface area contributed by atoms with Crippen molar-refractivity contribution in [2.24, 2.45) is 0 Å². The Bertz CT molecular complexity index is 1130. The number of benzene rings is 1. The van der Waals surface area contributed by atoms with Gasteiger partial charge in [0.05, 0.1) is 9.88 Å². The second kappa shape index (κ2) is 9.56. The molecule has 1 N–H and O–H groups in total. The summed E-state index contributed by atoms with van der Waals surface area (Å²) >= 11 is 1.42. The summed E-state index contributed by atoms with van der Waals surface area (Å²) in [6.45, 7) is 4.67. The molecule has 2 aromatic heterocycles. The fourth-order valence-electron chi connectivity index (χ4n) is 3.96. The molecule has 6 nitrogen and oxygen atoms in total. The number of halogens is 1. The Hall–Kier alpha value is -3.13. The van der Waals surface area contributed by atoms with Gasteiger partial charge in [-0.3, -0.25) is 9.59 Å². The average molecular weight is 453 g/mol. The average Bonchev–Trinajstić information content (AvgIpc) is 3.19. The first-order chi connectivity index (χ1) is 15.4. The summed E-state index contributed by atoms with van der Waals surface area (Å²) in [4.78, 5) is 37.4. The van der Waals surface area contributed by atoms with Gasteiger partial charge in [0.15, 0.2) is 0 Å². The Morgan fingerprint density at radius 1 is 1.12 bits per heavy atom. The topological polar surface area (TPSA) is 75.2 Å². The number of carbonyl (C=O) groups is 2. The van der Waals surface area contributed by atoms with Gasteiger partial charge >= 0.3 is 0 Å². The molecule has 0 radical (unpaired) electrons. The lowest BCUT2D eigenvalue weighted by Crippen LogP contribution is -2.49. The maximum Gasteiger partial charge on any atom is 0.274 e. The highest BCUT2D eigenvalue weighted by Crippen LogP contribution is 2.32. The van der Waals surface area contributed by atoms with Crippen LogP contribution in [0.15, 0.2) is 42.5 Å². The number of pyridine rings is 1. The minimum atomic E-state index is -0.321. The van der Waals surface area contributed by atoms with Crippen LogP contribution in [0.5, 0.6) is 0 Å². The monoisotopic (exact) mass is 452 g/mol. The quantitative estimate of drug-likeness (QED) is 0.623. The first kappa shape index (κ1) is 22.1. The summed E-state index contributed by atoms with van der Waals surface area (Å²) in [5.41, 5.74) is 2.30. The van der Waals surface area contributed by atoms with Crippen LogP contribution in [-0.2, 0) is 0 Å². The summed E-state index contributed by atoms with van der Waals surface area (Å²) < 4.78 is 13.4. The molecule has 1 saturated heterocycles. The molecule has 3 heterocycles. The van der Waals surface area contributed by atoms with E-state index in [2.05, 4.69) is 15.3 Å². The molecule has 32 heavy (non-hydrogen) atoms. The van der Waals surface area contributed by atoms with Crippen LogP contribution in [0.2, 0.25) is 0 Å². The maximum absolute atomic E-state index is 13.5. The molecule has 8 heteroatoms. The third-order valence-corrected chi connectivity index (χ3v) is 6.57. The molecule has 0 saturated carbocycles. The molecular formula is C24H25FN4O2S. The van der Waals surface area contributed by atoms with Gasteiger partial charge < -0.3 is 10.2 Å². The van der Waals surface area contributed by atoms with E-state index < -0.39 is 0 Å². The Labute approximate surface area is 190 Å². The van der Waals surface area contributed by atoms with Crippen LogP contribution in [0.25, 0.3) is 10.4 Å². The summed E-state index contributed by atoms with van der Waals surface area (Å²) in [5, 5.41) is 3.71. The maximum atomic E-state index is 13.5. The molecule has 1 unspecified atom stereocenters. The minimum absolute atomic E-state index is 0.118. The number of aryl methyl sites for hydroxylation is 2. The fourth-order valence-corrected chi connectivity index (χ4v) is 4.87. The number of hydrogen-bond acceptors (Lipinski definition) is 5. The van der Waals surface area contributed by atoms with Crippen LogP contribution < -0.4 is 5.32 Å². The first-order valence-corrected chi connectivity index (χ1v) is 11.5. The zero-order chi connectivity index (χ0) is 22.7. The van der Waals surface area contributed by atoms with Gasteiger partial charge in [-0.15, -0.1) is 11.3 Å². The third kappa shape index (κ3) is 4.85. The van der Waals surface area contributed by atoms with Crippen LogP contribution in [0, 0.1) is 19.7 Å². The fraction of sp³-hybridized carbons (Fsp3) is 0.333. The molecule has 3 aromatic rings. The molecule has 1 atom stereocenters. The molecule has 2 amide bonds. The van der Waals surface area contributed by atoms with Crippen LogP contribution in [0.1, 0.15) is 50.9 Å². The van der Waals surface area contributed by atoms with E-state index >= 15 is 0 Å². The van der Waals surface area contributed by atoms with E-state index in [0.29, 0.717) is 24.5 Å². The second-order valence-electron chi connectivity index (χ2n) is 7.94. The highest BCUT2D eigenvalue weighted by Gasteiger charge is 2.31. The normalized spacial score (nSPS) is 16.1. The molecule has 0 aliphatic carbocycles. The van der Waals surface area contributed by atoms with Crippen LogP contribution in [0.4, 0.5) is 4.39 Å². The van der Waals surface area contributed by atoms with Crippen molar-refractivity contribution in [1.29, 1.82) is 0 Å². The molecule has 4 rings (SSSR count). The summed E-state index contributed by atoms with van der Waals surface area (Å²) in [5.74, 6) is -0.720. The zero-order valence-electron chi connectivity index (χ0n) is 18.1. The molecule has 1 aliphatic rings. The lowest BCUT2D eigenvalue weighted by Gasteiger charge is -2.35. The van der Waals surface area contributed by atoms with Gasteiger partial charge in [0, 0.05) is 24.8 Å². The lowest BCUT2D eigenvalue weighted by molar-refractivity contribution is 0.0598. The summed E-state index contributed by atoms with van der Waals surface area (Å²) in [6.07, 6.45) is 2.71. The number of aromatic nitrogens is 2. The van der Waals surface area contributed by atoms with Gasteiger partial charge in [-0.05, 0) is 62.9 Å². The second-order valence-corrected chi connectivity index (χ2v) is 9.14. The van der Waals surface area contributed by atoms with Crippen molar-refractivity contribution in [3.05, 3.63) is 70.4 Å². The Kier molecular flexibility index (Phi) is 6.60. The Balaban J connectivity index is 1.52. The highest BCUT2D eigenvalue weighted by molar-refractivity contribution is 7.15. The van der Waals surface area contributed by atoms with Crippen molar-refractivity contribution in [3.8, 4) is 10.4 Å². The summed E-state index contributed by atoms with van der Waals surface area (Å²) in [6, 6.07) is 11.3. The SMILES string of the molecule is Cc1cccc(C(=O)NCC2CCCCN2C(=O)c2nc(C)sc2-c2ccc(F)cc2)n1. The molecule has 1 aromatic carbocycles. The van der Waals surface area contributed by atoms with E-state index in [1.807, 2.05) is 24.8 Å². The van der Waals surface area contributed by atoms with E-state index in [1.165, 1.54) is 23.5 Å². The van der Waals surface area contributed by atoms with Crippen molar-refractivity contribution in [2.45, 2.75) is 39.2 Å². The number of rotatable bonds is 5. The van der Waals surface area contributed by atoms with Crippen molar-refractivity contribution in [2.75, 3.05) is 13.1 Å². The van der Waals surface area contributed by atoms with E-state index in [-0.39, 0.29) is 23.7 Å². The molecule has 1 fully saturated rings. The lowest BCUT2D eigenvalue weighted by atomic mass is 10.0. The number of nitrogens with one attached hydrogen (secondary N) is 1. The number of nitrogens with zero attached hydrogens (tertiary/aromatic N) is 3. The molecular weight excluding hydrogens is 427 g/mol. The van der Waals surface area contributed by atoms with Crippen LogP contribution in [-0.4, -0.2) is 45.8 Å². The Morgan fingerprint density at radius 3 is 2.66 bits per heavy atom. The van der Waals surface area contributed by atoms with E-state index in [9.17, 15) is 14.0 Å². The summed E-state index contributed by atoms with van der Waals surface area (Å²) in [7, 11) is 0. The van der Waals surface area contributed by atoms with E-state index in [4.69, 9.17) is 0 Å². The number of amides is 2. The predicted octanol–water partition coefficient (Wildman–Crippen LogP) is 4.39. The van der Waals surface area contributed by atoms with Crippen molar-refractivity contribution in [1.82, 2.24) is 20.2 Å². The van der Waals surface area contributed by atoms with Gasteiger partial charge in [0.2, 0.25) is 0 Å².